The Kier molecular flexibility index (Phi) is 5.58. The van der Waals surface area contributed by atoms with E-state index in [-0.39, 0.29) is 12.0 Å². The van der Waals surface area contributed by atoms with Crippen molar-refractivity contribution in [3.05, 3.63) is 34.9 Å². The molecule has 0 amide bonds. The van der Waals surface area contributed by atoms with Gasteiger partial charge in [-0.25, -0.2) is 0 Å². The van der Waals surface area contributed by atoms with Crippen molar-refractivity contribution < 1.29 is 9.90 Å². The molecule has 2 rings (SSSR count). The molecule has 0 radical (unpaired) electrons. The van der Waals surface area contributed by atoms with E-state index >= 15 is 0 Å². The normalized spacial score (nSPS) is 17.7. The summed E-state index contributed by atoms with van der Waals surface area (Å²) in [5.74, 6) is 0.935. The summed E-state index contributed by atoms with van der Waals surface area (Å²) in [7, 11) is 0. The van der Waals surface area contributed by atoms with E-state index in [1.807, 2.05) is 38.1 Å². The Balaban J connectivity index is 1.98. The van der Waals surface area contributed by atoms with Crippen LogP contribution in [0.3, 0.4) is 0 Å². The van der Waals surface area contributed by atoms with Crippen molar-refractivity contribution in [2.24, 2.45) is 5.92 Å². The van der Waals surface area contributed by atoms with Crippen LogP contribution in [0.15, 0.2) is 24.3 Å². The molecule has 1 aromatic rings. The average molecular weight is 328 g/mol. The molecule has 21 heavy (non-hydrogen) atoms. The summed E-state index contributed by atoms with van der Waals surface area (Å²) in [6.07, 6.45) is 2.01. The number of carboxylic acids is 1. The molecule has 0 spiro atoms. The third-order valence-electron chi connectivity index (χ3n) is 3.71. The fourth-order valence-corrected chi connectivity index (χ4v) is 4.00. The quantitative estimate of drug-likeness (QED) is 0.762. The number of aliphatic carboxylic acids is 1. The number of carboxylic acid groups (broad SMARTS) is 1. The van der Waals surface area contributed by atoms with Gasteiger partial charge in [0.1, 0.15) is 5.54 Å². The second-order valence-electron chi connectivity index (χ2n) is 5.97. The first-order valence-corrected chi connectivity index (χ1v) is 8.80. The zero-order chi connectivity index (χ0) is 15.5. The predicted octanol–water partition coefficient (Wildman–Crippen LogP) is 3.80. The minimum absolute atomic E-state index is 0.165. The topological polar surface area (TPSA) is 49.3 Å². The fourth-order valence-electron chi connectivity index (χ4n) is 2.58. The van der Waals surface area contributed by atoms with Gasteiger partial charge in [0.05, 0.1) is 0 Å². The Morgan fingerprint density at radius 2 is 2.05 bits per heavy atom. The van der Waals surface area contributed by atoms with Crippen LogP contribution in [0.5, 0.6) is 0 Å². The van der Waals surface area contributed by atoms with Crippen molar-refractivity contribution in [3.63, 3.8) is 0 Å². The van der Waals surface area contributed by atoms with Crippen molar-refractivity contribution in [2.45, 2.75) is 44.0 Å². The van der Waals surface area contributed by atoms with Gasteiger partial charge in [-0.3, -0.25) is 10.1 Å². The number of benzene rings is 1. The van der Waals surface area contributed by atoms with Gasteiger partial charge in [-0.15, -0.1) is 0 Å². The second-order valence-corrected chi connectivity index (χ2v) is 7.39. The first kappa shape index (κ1) is 16.7. The highest BCUT2D eigenvalue weighted by Gasteiger charge is 2.51. The third-order valence-corrected chi connectivity index (χ3v) is 5.16. The van der Waals surface area contributed by atoms with Crippen molar-refractivity contribution in [1.82, 2.24) is 5.32 Å². The molecule has 3 nitrogen and oxygen atoms in total. The van der Waals surface area contributed by atoms with E-state index in [1.165, 1.54) is 5.56 Å². The molecule has 2 N–H and O–H groups in total. The van der Waals surface area contributed by atoms with Gasteiger partial charge in [-0.05, 0) is 50.3 Å². The van der Waals surface area contributed by atoms with Crippen LogP contribution in [0.4, 0.5) is 0 Å². The molecule has 1 unspecified atom stereocenters. The average Bonchev–Trinajstić information content (AvgIpc) is 3.23. The molecule has 0 heterocycles. The molecule has 0 aliphatic heterocycles. The molecular weight excluding hydrogens is 306 g/mol. The molecule has 0 saturated heterocycles. The van der Waals surface area contributed by atoms with E-state index in [4.69, 9.17) is 11.6 Å². The zero-order valence-corrected chi connectivity index (χ0v) is 14.0. The van der Waals surface area contributed by atoms with Crippen molar-refractivity contribution in [2.75, 3.05) is 5.75 Å². The van der Waals surface area contributed by atoms with Crippen LogP contribution in [0.1, 0.15) is 32.3 Å². The van der Waals surface area contributed by atoms with Gasteiger partial charge in [-0.1, -0.05) is 23.7 Å². The van der Waals surface area contributed by atoms with E-state index in [1.54, 1.807) is 11.8 Å². The SMILES string of the molecule is CC(C)NC(CSCc1ccc(Cl)cc1)(C(=O)O)C1CC1. The Hall–Kier alpha value is -0.710. The van der Waals surface area contributed by atoms with Crippen LogP contribution in [0, 0.1) is 5.92 Å². The van der Waals surface area contributed by atoms with Gasteiger partial charge in [0.25, 0.3) is 0 Å². The second kappa shape index (κ2) is 7.03. The van der Waals surface area contributed by atoms with E-state index in [0.717, 1.165) is 23.6 Å². The summed E-state index contributed by atoms with van der Waals surface area (Å²) in [5.41, 5.74) is 0.384. The molecule has 1 atom stereocenters. The van der Waals surface area contributed by atoms with E-state index in [9.17, 15) is 9.90 Å². The van der Waals surface area contributed by atoms with E-state index in [2.05, 4.69) is 5.32 Å². The van der Waals surface area contributed by atoms with Gasteiger partial charge in [0.15, 0.2) is 0 Å². The highest BCUT2D eigenvalue weighted by Crippen LogP contribution is 2.42. The van der Waals surface area contributed by atoms with Gasteiger partial charge in [0.2, 0.25) is 0 Å². The number of thioether (sulfide) groups is 1. The summed E-state index contributed by atoms with van der Waals surface area (Å²) in [6, 6.07) is 7.89. The lowest BCUT2D eigenvalue weighted by Crippen LogP contribution is -2.58. The van der Waals surface area contributed by atoms with Crippen molar-refractivity contribution in [3.8, 4) is 0 Å². The third kappa shape index (κ3) is 4.38. The maximum absolute atomic E-state index is 11.8. The molecule has 116 valence electrons. The molecule has 1 fully saturated rings. The number of hydrogen-bond donors (Lipinski definition) is 2. The molecule has 1 aliphatic rings. The largest absolute Gasteiger partial charge is 0.480 e. The molecule has 0 aromatic heterocycles. The summed E-state index contributed by atoms with van der Waals surface area (Å²) >= 11 is 7.54. The molecule has 5 heteroatoms. The predicted molar refractivity (Wildman–Crippen MR) is 89.0 cm³/mol. The van der Waals surface area contributed by atoms with E-state index < -0.39 is 11.5 Å². The summed E-state index contributed by atoms with van der Waals surface area (Å²) in [5, 5.41) is 13.8. The maximum atomic E-state index is 11.8. The minimum atomic E-state index is -0.786. The number of rotatable bonds is 8. The highest BCUT2D eigenvalue weighted by atomic mass is 35.5. The lowest BCUT2D eigenvalue weighted by molar-refractivity contribution is -0.145. The Bertz CT molecular complexity index is 488. The standard InChI is InChI=1S/C16H22ClNO2S/c1-11(2)18-16(15(19)20,13-5-6-13)10-21-9-12-3-7-14(17)8-4-12/h3-4,7-8,11,13,18H,5-6,9-10H2,1-2H3,(H,19,20). The Labute approximate surface area is 135 Å². The maximum Gasteiger partial charge on any atom is 0.325 e. The highest BCUT2D eigenvalue weighted by molar-refractivity contribution is 7.98. The van der Waals surface area contributed by atoms with Crippen LogP contribution >= 0.6 is 23.4 Å². The van der Waals surface area contributed by atoms with Crippen LogP contribution in [-0.2, 0) is 10.5 Å². The van der Waals surface area contributed by atoms with Crippen LogP contribution in [0.2, 0.25) is 5.02 Å². The van der Waals surface area contributed by atoms with Crippen molar-refractivity contribution in [1.29, 1.82) is 0 Å². The summed E-state index contributed by atoms with van der Waals surface area (Å²) < 4.78 is 0. The van der Waals surface area contributed by atoms with Crippen LogP contribution < -0.4 is 5.32 Å². The van der Waals surface area contributed by atoms with Crippen molar-refractivity contribution >= 4 is 29.3 Å². The smallest absolute Gasteiger partial charge is 0.325 e. The van der Waals surface area contributed by atoms with Crippen LogP contribution in [0.25, 0.3) is 0 Å². The number of halogens is 1. The summed E-state index contributed by atoms with van der Waals surface area (Å²) in [4.78, 5) is 11.8. The van der Waals surface area contributed by atoms with Gasteiger partial charge in [-0.2, -0.15) is 11.8 Å². The van der Waals surface area contributed by atoms with E-state index in [0.29, 0.717) is 5.75 Å². The summed E-state index contributed by atoms with van der Waals surface area (Å²) in [6.45, 7) is 4.01. The molecule has 1 aliphatic carbocycles. The monoisotopic (exact) mass is 327 g/mol. The minimum Gasteiger partial charge on any atom is -0.480 e. The first-order valence-electron chi connectivity index (χ1n) is 7.27. The Morgan fingerprint density at radius 1 is 1.43 bits per heavy atom. The molecule has 1 saturated carbocycles. The lowest BCUT2D eigenvalue weighted by atomic mass is 9.94. The first-order chi connectivity index (χ1) is 9.94. The molecule has 0 bridgehead atoms. The van der Waals surface area contributed by atoms with Gasteiger partial charge in [0, 0.05) is 22.6 Å². The van der Waals surface area contributed by atoms with Gasteiger partial charge < -0.3 is 5.11 Å². The molecular formula is C16H22ClNO2S. The zero-order valence-electron chi connectivity index (χ0n) is 12.4. The molecule has 1 aromatic carbocycles. The van der Waals surface area contributed by atoms with Crippen LogP contribution in [-0.4, -0.2) is 28.4 Å². The lowest BCUT2D eigenvalue weighted by Gasteiger charge is -2.32. The van der Waals surface area contributed by atoms with Gasteiger partial charge >= 0.3 is 5.97 Å². The number of carbonyl (C=O) groups is 1. The Morgan fingerprint density at radius 3 is 2.52 bits per heavy atom. The number of nitrogens with one attached hydrogen (secondary N) is 1. The number of hydrogen-bond acceptors (Lipinski definition) is 3. The fraction of sp³-hybridized carbons (Fsp3) is 0.562.